The number of nitrogens with one attached hydrogen (secondary N) is 1. The third kappa shape index (κ3) is 3.53. The molecule has 1 unspecified atom stereocenters. The first kappa shape index (κ1) is 12.5. The highest BCUT2D eigenvalue weighted by Gasteiger charge is 2.09. The molecule has 4 heteroatoms. The second-order valence-electron chi connectivity index (χ2n) is 4.30. The van der Waals surface area contributed by atoms with Crippen molar-refractivity contribution in [2.75, 3.05) is 12.8 Å². The van der Waals surface area contributed by atoms with Crippen molar-refractivity contribution in [2.45, 2.75) is 18.9 Å². The van der Waals surface area contributed by atoms with Gasteiger partial charge >= 0.3 is 0 Å². The summed E-state index contributed by atoms with van der Waals surface area (Å²) in [6, 6.07) is 10.3. The molecule has 0 aromatic carbocycles. The van der Waals surface area contributed by atoms with Gasteiger partial charge in [0.15, 0.2) is 0 Å². The number of nitrogen functional groups attached to an aromatic ring is 1. The first-order valence-corrected chi connectivity index (χ1v) is 6.05. The molecule has 2 rings (SSSR count). The minimum atomic E-state index is 0.349. The Morgan fingerprint density at radius 3 is 2.72 bits per heavy atom. The van der Waals surface area contributed by atoms with Gasteiger partial charge in [-0.1, -0.05) is 6.07 Å². The van der Waals surface area contributed by atoms with E-state index >= 15 is 0 Å². The Morgan fingerprint density at radius 2 is 2.06 bits per heavy atom. The van der Waals surface area contributed by atoms with Crippen molar-refractivity contribution < 1.29 is 0 Å². The minimum absolute atomic E-state index is 0.349. The molecule has 0 aliphatic heterocycles. The fraction of sp³-hybridized carbons (Fsp3) is 0.286. The molecule has 0 amide bonds. The highest BCUT2D eigenvalue weighted by atomic mass is 14.9. The molecule has 0 radical (unpaired) electrons. The molecule has 18 heavy (non-hydrogen) atoms. The van der Waals surface area contributed by atoms with Gasteiger partial charge in [0.25, 0.3) is 0 Å². The number of anilines is 1. The molecule has 1 atom stereocenters. The van der Waals surface area contributed by atoms with Crippen LogP contribution >= 0.6 is 0 Å². The van der Waals surface area contributed by atoms with Crippen molar-refractivity contribution in [3.63, 3.8) is 0 Å². The standard InChI is InChI=1S/C14H18N4/c1-16-13(10-12-4-2-3-6-17-12)8-11-5-7-18-14(15)9-11/h2-7,9,13,16H,8,10H2,1H3,(H2,15,18). The Morgan fingerprint density at radius 1 is 1.17 bits per heavy atom. The molecule has 0 spiro atoms. The van der Waals surface area contributed by atoms with Crippen LogP contribution in [0.25, 0.3) is 0 Å². The van der Waals surface area contributed by atoms with Crippen molar-refractivity contribution in [1.29, 1.82) is 0 Å². The molecular weight excluding hydrogens is 224 g/mol. The lowest BCUT2D eigenvalue weighted by Crippen LogP contribution is -2.30. The fourth-order valence-corrected chi connectivity index (χ4v) is 1.95. The van der Waals surface area contributed by atoms with Crippen LogP contribution in [0.3, 0.4) is 0 Å². The molecule has 0 bridgehead atoms. The van der Waals surface area contributed by atoms with Crippen LogP contribution in [-0.2, 0) is 12.8 Å². The van der Waals surface area contributed by atoms with E-state index < -0.39 is 0 Å². The summed E-state index contributed by atoms with van der Waals surface area (Å²) in [4.78, 5) is 8.35. The first-order valence-electron chi connectivity index (χ1n) is 6.05. The van der Waals surface area contributed by atoms with Crippen LogP contribution in [-0.4, -0.2) is 23.1 Å². The second kappa shape index (κ2) is 6.12. The van der Waals surface area contributed by atoms with E-state index in [4.69, 9.17) is 5.73 Å². The Balaban J connectivity index is 2.01. The van der Waals surface area contributed by atoms with Crippen LogP contribution in [0.2, 0.25) is 0 Å². The molecule has 2 aromatic rings. The summed E-state index contributed by atoms with van der Waals surface area (Å²) in [5.74, 6) is 0.570. The molecular formula is C14H18N4. The normalized spacial score (nSPS) is 12.3. The van der Waals surface area contributed by atoms with Crippen molar-refractivity contribution in [1.82, 2.24) is 15.3 Å². The molecule has 94 valence electrons. The number of rotatable bonds is 5. The van der Waals surface area contributed by atoms with E-state index in [2.05, 4.69) is 15.3 Å². The second-order valence-corrected chi connectivity index (χ2v) is 4.30. The monoisotopic (exact) mass is 242 g/mol. The third-order valence-electron chi connectivity index (χ3n) is 2.92. The molecule has 0 saturated carbocycles. The summed E-state index contributed by atoms with van der Waals surface area (Å²) in [5, 5.41) is 3.32. The highest BCUT2D eigenvalue weighted by Crippen LogP contribution is 2.09. The van der Waals surface area contributed by atoms with E-state index in [1.165, 1.54) is 5.56 Å². The van der Waals surface area contributed by atoms with Gasteiger partial charge in [0.1, 0.15) is 5.82 Å². The quantitative estimate of drug-likeness (QED) is 0.832. The molecule has 0 fully saturated rings. The minimum Gasteiger partial charge on any atom is -0.384 e. The van der Waals surface area contributed by atoms with Gasteiger partial charge in [0.2, 0.25) is 0 Å². The lowest BCUT2D eigenvalue weighted by molar-refractivity contribution is 0.550. The molecule has 0 aliphatic rings. The van der Waals surface area contributed by atoms with Gasteiger partial charge in [-0.3, -0.25) is 4.98 Å². The van der Waals surface area contributed by atoms with Crippen molar-refractivity contribution in [3.8, 4) is 0 Å². The van der Waals surface area contributed by atoms with Crippen LogP contribution < -0.4 is 11.1 Å². The fourth-order valence-electron chi connectivity index (χ4n) is 1.95. The number of pyridine rings is 2. The van der Waals surface area contributed by atoms with Crippen LogP contribution in [0, 0.1) is 0 Å². The van der Waals surface area contributed by atoms with E-state index in [0.29, 0.717) is 11.9 Å². The van der Waals surface area contributed by atoms with E-state index in [0.717, 1.165) is 18.5 Å². The summed E-state index contributed by atoms with van der Waals surface area (Å²) in [7, 11) is 1.97. The zero-order valence-corrected chi connectivity index (χ0v) is 10.5. The molecule has 3 N–H and O–H groups in total. The summed E-state index contributed by atoms with van der Waals surface area (Å²) in [6.07, 6.45) is 5.39. The molecule has 4 nitrogen and oxygen atoms in total. The molecule has 2 aromatic heterocycles. The lowest BCUT2D eigenvalue weighted by atomic mass is 10.0. The van der Waals surface area contributed by atoms with Gasteiger partial charge in [-0.25, -0.2) is 4.98 Å². The third-order valence-corrected chi connectivity index (χ3v) is 2.92. The summed E-state index contributed by atoms with van der Waals surface area (Å²) in [5.41, 5.74) is 7.97. The molecule has 0 saturated heterocycles. The van der Waals surface area contributed by atoms with Gasteiger partial charge in [0, 0.05) is 30.6 Å². The lowest BCUT2D eigenvalue weighted by Gasteiger charge is -2.15. The molecule has 2 heterocycles. The first-order chi connectivity index (χ1) is 8.78. The maximum absolute atomic E-state index is 5.68. The maximum atomic E-state index is 5.68. The number of likely N-dealkylation sites (N-methyl/N-ethyl adjacent to an activating group) is 1. The SMILES string of the molecule is CNC(Cc1ccnc(N)c1)Cc1ccccn1. The van der Waals surface area contributed by atoms with Crippen LogP contribution in [0.1, 0.15) is 11.3 Å². The van der Waals surface area contributed by atoms with E-state index in [1.807, 2.05) is 43.6 Å². The van der Waals surface area contributed by atoms with Gasteiger partial charge in [-0.2, -0.15) is 0 Å². The number of aromatic nitrogens is 2. The predicted molar refractivity (Wildman–Crippen MR) is 73.1 cm³/mol. The van der Waals surface area contributed by atoms with E-state index in [9.17, 15) is 0 Å². The molecule has 0 aliphatic carbocycles. The largest absolute Gasteiger partial charge is 0.384 e. The zero-order chi connectivity index (χ0) is 12.8. The van der Waals surface area contributed by atoms with Crippen LogP contribution in [0.4, 0.5) is 5.82 Å². The van der Waals surface area contributed by atoms with Gasteiger partial charge in [-0.05, 0) is 43.3 Å². The highest BCUT2D eigenvalue weighted by molar-refractivity contribution is 5.32. The van der Waals surface area contributed by atoms with Crippen molar-refractivity contribution in [2.24, 2.45) is 0 Å². The number of nitrogens with two attached hydrogens (primary N) is 1. The van der Waals surface area contributed by atoms with Gasteiger partial charge in [0.05, 0.1) is 0 Å². The Bertz CT molecular complexity index is 484. The zero-order valence-electron chi connectivity index (χ0n) is 10.5. The summed E-state index contributed by atoms with van der Waals surface area (Å²) < 4.78 is 0. The van der Waals surface area contributed by atoms with Crippen LogP contribution in [0.15, 0.2) is 42.7 Å². The predicted octanol–water partition coefficient (Wildman–Crippen LogP) is 1.43. The average molecular weight is 242 g/mol. The maximum Gasteiger partial charge on any atom is 0.123 e. The van der Waals surface area contributed by atoms with Crippen molar-refractivity contribution in [3.05, 3.63) is 54.0 Å². The van der Waals surface area contributed by atoms with Gasteiger partial charge in [-0.15, -0.1) is 0 Å². The van der Waals surface area contributed by atoms with E-state index in [1.54, 1.807) is 6.20 Å². The number of nitrogens with zero attached hydrogens (tertiary/aromatic N) is 2. The number of hydrogen-bond acceptors (Lipinski definition) is 4. The number of hydrogen-bond donors (Lipinski definition) is 2. The van der Waals surface area contributed by atoms with E-state index in [-0.39, 0.29) is 0 Å². The Labute approximate surface area is 107 Å². The summed E-state index contributed by atoms with van der Waals surface area (Å²) in [6.45, 7) is 0. The Kier molecular flexibility index (Phi) is 4.25. The van der Waals surface area contributed by atoms with Crippen molar-refractivity contribution >= 4 is 5.82 Å². The smallest absolute Gasteiger partial charge is 0.123 e. The average Bonchev–Trinajstić information content (AvgIpc) is 2.39. The van der Waals surface area contributed by atoms with Crippen LogP contribution in [0.5, 0.6) is 0 Å². The topological polar surface area (TPSA) is 63.8 Å². The van der Waals surface area contributed by atoms with Gasteiger partial charge < -0.3 is 11.1 Å². The Hall–Kier alpha value is -1.94. The summed E-state index contributed by atoms with van der Waals surface area (Å²) >= 11 is 0.